The fourth-order valence-corrected chi connectivity index (χ4v) is 3.37. The molecule has 3 heterocycles. The second kappa shape index (κ2) is 7.80. The number of nitrogens with zero attached hydrogens (tertiary/aromatic N) is 3. The average molecular weight is 381 g/mol. The summed E-state index contributed by atoms with van der Waals surface area (Å²) in [4.78, 5) is 23.0. The number of aryl methyl sites for hydroxylation is 1. The third kappa shape index (κ3) is 4.03. The summed E-state index contributed by atoms with van der Waals surface area (Å²) >= 11 is 0. The van der Waals surface area contributed by atoms with Crippen LogP contribution in [0.4, 0.5) is 4.39 Å². The molecule has 1 aromatic carbocycles. The van der Waals surface area contributed by atoms with Crippen molar-refractivity contribution in [3.63, 3.8) is 0 Å². The third-order valence-electron chi connectivity index (χ3n) is 4.80. The summed E-state index contributed by atoms with van der Waals surface area (Å²) in [5, 5.41) is 0. The van der Waals surface area contributed by atoms with Gasteiger partial charge in [0.05, 0.1) is 0 Å². The topological polar surface area (TPSA) is 68.5 Å². The van der Waals surface area contributed by atoms with Gasteiger partial charge in [0, 0.05) is 43.8 Å². The lowest BCUT2D eigenvalue weighted by Crippen LogP contribution is -2.38. The highest BCUT2D eigenvalue weighted by Gasteiger charge is 2.27. The van der Waals surface area contributed by atoms with Crippen molar-refractivity contribution in [2.75, 3.05) is 13.1 Å². The normalized spacial score (nSPS) is 14.9. The lowest BCUT2D eigenvalue weighted by molar-refractivity contribution is 0.0706. The molecular formula is C21H20FN3O3. The zero-order chi connectivity index (χ0) is 19.5. The fraction of sp³-hybridized carbons (Fsp3) is 0.286. The molecule has 0 saturated carbocycles. The first kappa shape index (κ1) is 18.2. The number of ether oxygens (including phenoxy) is 1. The molecule has 0 radical (unpaired) electrons. The molecule has 1 amide bonds. The number of carbonyl (C=O) groups is 1. The van der Waals surface area contributed by atoms with Crippen LogP contribution in [0.15, 0.2) is 53.1 Å². The summed E-state index contributed by atoms with van der Waals surface area (Å²) in [7, 11) is 0. The number of oxazole rings is 1. The monoisotopic (exact) mass is 381 g/mol. The van der Waals surface area contributed by atoms with Crippen molar-refractivity contribution in [2.45, 2.75) is 25.7 Å². The standard InChI is InChI=1S/C21H20FN3O3/c1-14-23-19(13-27-14)21(26)25-10-8-15(9-11-25)18-6-3-7-20(24-18)28-17-5-2-4-16(22)12-17/h2-7,12-13,15H,8-11H2,1H3. The summed E-state index contributed by atoms with van der Waals surface area (Å²) in [6.45, 7) is 2.98. The summed E-state index contributed by atoms with van der Waals surface area (Å²) in [5.74, 6) is 1.10. The highest BCUT2D eigenvalue weighted by Crippen LogP contribution is 2.29. The van der Waals surface area contributed by atoms with Gasteiger partial charge in [-0.3, -0.25) is 4.79 Å². The molecule has 1 fully saturated rings. The molecule has 0 bridgehead atoms. The number of carbonyl (C=O) groups excluding carboxylic acids is 1. The number of pyridine rings is 1. The Kier molecular flexibility index (Phi) is 5.06. The first-order chi connectivity index (χ1) is 13.6. The lowest BCUT2D eigenvalue weighted by atomic mass is 9.93. The summed E-state index contributed by atoms with van der Waals surface area (Å²) in [6.07, 6.45) is 3.01. The van der Waals surface area contributed by atoms with Crippen LogP contribution in [0.2, 0.25) is 0 Å². The quantitative estimate of drug-likeness (QED) is 0.673. The van der Waals surface area contributed by atoms with E-state index in [2.05, 4.69) is 9.97 Å². The molecule has 28 heavy (non-hydrogen) atoms. The van der Waals surface area contributed by atoms with E-state index in [0.717, 1.165) is 18.5 Å². The van der Waals surface area contributed by atoms with Crippen molar-refractivity contribution in [1.29, 1.82) is 0 Å². The van der Waals surface area contributed by atoms with Crippen LogP contribution in [0.3, 0.4) is 0 Å². The number of piperidine rings is 1. The molecular weight excluding hydrogens is 361 g/mol. The number of amides is 1. The minimum Gasteiger partial charge on any atom is -0.448 e. The first-order valence-electron chi connectivity index (χ1n) is 9.20. The van der Waals surface area contributed by atoms with Crippen LogP contribution < -0.4 is 4.74 Å². The van der Waals surface area contributed by atoms with Crippen molar-refractivity contribution < 1.29 is 18.3 Å². The number of likely N-dealkylation sites (tertiary alicyclic amines) is 1. The largest absolute Gasteiger partial charge is 0.448 e. The van der Waals surface area contributed by atoms with Crippen molar-refractivity contribution in [3.05, 3.63) is 71.8 Å². The second-order valence-corrected chi connectivity index (χ2v) is 6.78. The number of aromatic nitrogens is 2. The molecule has 0 spiro atoms. The van der Waals surface area contributed by atoms with Gasteiger partial charge in [0.1, 0.15) is 17.8 Å². The maximum absolute atomic E-state index is 13.3. The van der Waals surface area contributed by atoms with E-state index in [-0.39, 0.29) is 17.6 Å². The third-order valence-corrected chi connectivity index (χ3v) is 4.80. The van der Waals surface area contributed by atoms with E-state index in [1.165, 1.54) is 18.4 Å². The van der Waals surface area contributed by atoms with Gasteiger partial charge in [-0.25, -0.2) is 14.4 Å². The van der Waals surface area contributed by atoms with E-state index < -0.39 is 0 Å². The van der Waals surface area contributed by atoms with Gasteiger partial charge in [-0.1, -0.05) is 12.1 Å². The molecule has 7 heteroatoms. The van der Waals surface area contributed by atoms with Gasteiger partial charge < -0.3 is 14.1 Å². The average Bonchev–Trinajstić information content (AvgIpc) is 3.14. The summed E-state index contributed by atoms with van der Waals surface area (Å²) in [6, 6.07) is 11.6. The van der Waals surface area contributed by atoms with E-state index in [1.54, 1.807) is 30.0 Å². The maximum Gasteiger partial charge on any atom is 0.275 e. The van der Waals surface area contributed by atoms with Crippen LogP contribution in [0, 0.1) is 12.7 Å². The number of benzene rings is 1. The Morgan fingerprint density at radius 2 is 1.96 bits per heavy atom. The van der Waals surface area contributed by atoms with Crippen LogP contribution in [-0.4, -0.2) is 33.9 Å². The number of halogens is 1. The molecule has 3 aromatic rings. The van der Waals surface area contributed by atoms with Gasteiger partial charge in [0.15, 0.2) is 11.6 Å². The van der Waals surface area contributed by atoms with E-state index >= 15 is 0 Å². The molecule has 1 saturated heterocycles. The highest BCUT2D eigenvalue weighted by atomic mass is 19.1. The van der Waals surface area contributed by atoms with E-state index in [1.807, 2.05) is 12.1 Å². The second-order valence-electron chi connectivity index (χ2n) is 6.78. The maximum atomic E-state index is 13.3. The predicted molar refractivity (Wildman–Crippen MR) is 99.8 cm³/mol. The Balaban J connectivity index is 1.40. The van der Waals surface area contributed by atoms with Gasteiger partial charge in [-0.2, -0.15) is 0 Å². The Morgan fingerprint density at radius 3 is 2.68 bits per heavy atom. The van der Waals surface area contributed by atoms with E-state index in [4.69, 9.17) is 9.15 Å². The van der Waals surface area contributed by atoms with Crippen LogP contribution in [0.1, 0.15) is 40.8 Å². The molecule has 2 aromatic heterocycles. The van der Waals surface area contributed by atoms with Gasteiger partial charge in [0.25, 0.3) is 5.91 Å². The first-order valence-corrected chi connectivity index (χ1v) is 9.20. The van der Waals surface area contributed by atoms with Crippen molar-refractivity contribution in [3.8, 4) is 11.6 Å². The number of hydrogen-bond donors (Lipinski definition) is 0. The van der Waals surface area contributed by atoms with Gasteiger partial charge in [0.2, 0.25) is 5.88 Å². The van der Waals surface area contributed by atoms with Crippen LogP contribution in [0.25, 0.3) is 0 Å². The van der Waals surface area contributed by atoms with Gasteiger partial charge >= 0.3 is 0 Å². The molecule has 144 valence electrons. The number of rotatable bonds is 4. The zero-order valence-electron chi connectivity index (χ0n) is 15.5. The molecule has 1 aliphatic rings. The SMILES string of the molecule is Cc1nc(C(=O)N2CCC(c3cccc(Oc4cccc(F)c4)n3)CC2)co1. The highest BCUT2D eigenvalue weighted by molar-refractivity contribution is 5.92. The van der Waals surface area contributed by atoms with E-state index in [0.29, 0.717) is 36.3 Å². The predicted octanol–water partition coefficient (Wildman–Crippen LogP) is 4.33. The minimum absolute atomic E-state index is 0.105. The van der Waals surface area contributed by atoms with Crippen molar-refractivity contribution >= 4 is 5.91 Å². The van der Waals surface area contributed by atoms with Crippen LogP contribution >= 0.6 is 0 Å². The lowest BCUT2D eigenvalue weighted by Gasteiger charge is -2.31. The molecule has 0 unspecified atom stereocenters. The van der Waals surface area contributed by atoms with Crippen molar-refractivity contribution in [1.82, 2.24) is 14.9 Å². The Bertz CT molecular complexity index is 980. The van der Waals surface area contributed by atoms with Gasteiger partial charge in [-0.05, 0) is 31.0 Å². The zero-order valence-corrected chi connectivity index (χ0v) is 15.5. The smallest absolute Gasteiger partial charge is 0.275 e. The Morgan fingerprint density at radius 1 is 1.18 bits per heavy atom. The van der Waals surface area contributed by atoms with Crippen molar-refractivity contribution in [2.24, 2.45) is 0 Å². The minimum atomic E-state index is -0.354. The summed E-state index contributed by atoms with van der Waals surface area (Å²) in [5.41, 5.74) is 1.26. The Hall–Kier alpha value is -3.22. The Labute approximate surface area is 162 Å². The van der Waals surface area contributed by atoms with E-state index in [9.17, 15) is 9.18 Å². The molecule has 0 aliphatic carbocycles. The molecule has 1 aliphatic heterocycles. The summed E-state index contributed by atoms with van der Waals surface area (Å²) < 4.78 is 24.1. The number of hydrogen-bond acceptors (Lipinski definition) is 5. The van der Waals surface area contributed by atoms with Crippen LogP contribution in [-0.2, 0) is 0 Å². The van der Waals surface area contributed by atoms with Gasteiger partial charge in [-0.15, -0.1) is 0 Å². The molecule has 0 N–H and O–H groups in total. The molecule has 4 rings (SSSR count). The fourth-order valence-electron chi connectivity index (χ4n) is 3.37. The van der Waals surface area contributed by atoms with Crippen LogP contribution in [0.5, 0.6) is 11.6 Å². The molecule has 6 nitrogen and oxygen atoms in total. The molecule has 0 atom stereocenters.